The molecule has 1 aromatic rings. The highest BCUT2D eigenvalue weighted by atomic mass is 19.3. The quantitative estimate of drug-likeness (QED) is 0.761. The molecule has 2 nitrogen and oxygen atoms in total. The van der Waals surface area contributed by atoms with Crippen molar-refractivity contribution in [3.05, 3.63) is 41.7 Å². The lowest BCUT2D eigenvalue weighted by Crippen LogP contribution is -2.28. The summed E-state index contributed by atoms with van der Waals surface area (Å²) in [6.45, 7) is 1.33. The summed E-state index contributed by atoms with van der Waals surface area (Å²) in [5.74, 6) is -5.73. The minimum absolute atomic E-state index is 0.112. The third-order valence-corrected chi connectivity index (χ3v) is 1.90. The van der Waals surface area contributed by atoms with Crippen molar-refractivity contribution in [1.82, 2.24) is 0 Å². The smallest absolute Gasteiger partial charge is 0.381 e. The van der Waals surface area contributed by atoms with Gasteiger partial charge < -0.3 is 4.74 Å². The Hall–Kier alpha value is -1.78. The average molecular weight is 244 g/mol. The number of carbonyl (C=O) groups is 1. The molecule has 0 fully saturated rings. The van der Waals surface area contributed by atoms with Gasteiger partial charge in [-0.05, 0) is 30.7 Å². The van der Waals surface area contributed by atoms with Crippen LogP contribution in [0.5, 0.6) is 0 Å². The van der Waals surface area contributed by atoms with Gasteiger partial charge in [0.25, 0.3) is 0 Å². The normalized spacial score (nSPS) is 11.8. The zero-order chi connectivity index (χ0) is 12.9. The van der Waals surface area contributed by atoms with Crippen molar-refractivity contribution in [3.8, 4) is 0 Å². The summed E-state index contributed by atoms with van der Waals surface area (Å²) < 4.78 is 43.0. The fraction of sp³-hybridized carbons (Fsp3) is 0.250. The average Bonchev–Trinajstić information content (AvgIpc) is 2.29. The first-order chi connectivity index (χ1) is 7.95. The zero-order valence-corrected chi connectivity index (χ0v) is 9.12. The van der Waals surface area contributed by atoms with Crippen LogP contribution in [0.1, 0.15) is 12.5 Å². The van der Waals surface area contributed by atoms with Crippen molar-refractivity contribution in [2.75, 3.05) is 6.61 Å². The van der Waals surface area contributed by atoms with Crippen molar-refractivity contribution in [2.24, 2.45) is 0 Å². The minimum Gasteiger partial charge on any atom is -0.461 e. The molecule has 0 radical (unpaired) electrons. The van der Waals surface area contributed by atoms with Crippen LogP contribution in [-0.4, -0.2) is 18.5 Å². The summed E-state index contributed by atoms with van der Waals surface area (Å²) in [6.07, 6.45) is 1.47. The lowest BCUT2D eigenvalue weighted by Gasteiger charge is -2.09. The van der Waals surface area contributed by atoms with Crippen LogP contribution in [-0.2, 0) is 9.53 Å². The summed E-state index contributed by atoms with van der Waals surface area (Å²) >= 11 is 0. The minimum atomic E-state index is -3.68. The van der Waals surface area contributed by atoms with Crippen molar-refractivity contribution in [3.63, 3.8) is 0 Å². The van der Waals surface area contributed by atoms with Gasteiger partial charge in [-0.2, -0.15) is 8.78 Å². The molecule has 17 heavy (non-hydrogen) atoms. The molecule has 0 aliphatic rings. The van der Waals surface area contributed by atoms with Gasteiger partial charge in [0, 0.05) is 0 Å². The summed E-state index contributed by atoms with van der Waals surface area (Å²) in [4.78, 5) is 10.9. The van der Waals surface area contributed by atoms with E-state index in [9.17, 15) is 18.0 Å². The molecule has 0 bridgehead atoms. The fourth-order valence-electron chi connectivity index (χ4n) is 1.07. The van der Waals surface area contributed by atoms with Gasteiger partial charge in [0.15, 0.2) is 0 Å². The van der Waals surface area contributed by atoms with Gasteiger partial charge in [0.1, 0.15) is 5.82 Å². The van der Waals surface area contributed by atoms with Crippen LogP contribution in [0.3, 0.4) is 0 Å². The van der Waals surface area contributed by atoms with E-state index >= 15 is 0 Å². The summed E-state index contributed by atoms with van der Waals surface area (Å²) in [5.41, 5.74) is 0.371. The van der Waals surface area contributed by atoms with E-state index in [4.69, 9.17) is 0 Å². The Balaban J connectivity index is 2.75. The molecular weight excluding hydrogens is 233 g/mol. The van der Waals surface area contributed by atoms with Crippen LogP contribution in [0.4, 0.5) is 13.2 Å². The maximum atomic E-state index is 13.1. The Morgan fingerprint density at radius 1 is 1.35 bits per heavy atom. The molecule has 0 atom stereocenters. The van der Waals surface area contributed by atoms with Crippen LogP contribution in [0, 0.1) is 5.82 Å². The topological polar surface area (TPSA) is 26.3 Å². The van der Waals surface area contributed by atoms with Gasteiger partial charge in [-0.25, -0.2) is 9.18 Å². The number of halogens is 3. The molecule has 1 rings (SSSR count). The summed E-state index contributed by atoms with van der Waals surface area (Å²) in [5, 5.41) is 0. The van der Waals surface area contributed by atoms with Crippen LogP contribution in [0.15, 0.2) is 30.3 Å². The number of esters is 1. The number of ether oxygens (including phenoxy) is 1. The molecule has 1 aromatic carbocycles. The highest BCUT2D eigenvalue weighted by Crippen LogP contribution is 2.19. The van der Waals surface area contributed by atoms with Crippen molar-refractivity contribution in [1.29, 1.82) is 0 Å². The Labute approximate surface area is 96.7 Å². The van der Waals surface area contributed by atoms with Crippen molar-refractivity contribution in [2.45, 2.75) is 12.8 Å². The van der Waals surface area contributed by atoms with Gasteiger partial charge in [0.2, 0.25) is 0 Å². The molecule has 0 unspecified atom stereocenters. The number of hydrogen-bond acceptors (Lipinski definition) is 2. The van der Waals surface area contributed by atoms with Crippen molar-refractivity contribution < 1.29 is 22.7 Å². The second-order valence-corrected chi connectivity index (χ2v) is 3.23. The Morgan fingerprint density at radius 2 is 1.94 bits per heavy atom. The molecule has 0 aromatic heterocycles. The molecule has 5 heteroatoms. The Bertz CT molecular complexity index is 410. The maximum absolute atomic E-state index is 13.1. The first-order valence-electron chi connectivity index (χ1n) is 4.95. The third-order valence-electron chi connectivity index (χ3n) is 1.90. The third kappa shape index (κ3) is 3.94. The van der Waals surface area contributed by atoms with E-state index in [0.29, 0.717) is 11.6 Å². The number of hydrogen-bond donors (Lipinski definition) is 0. The molecule has 0 amide bonds. The number of benzene rings is 1. The van der Waals surface area contributed by atoms with E-state index in [1.165, 1.54) is 19.1 Å². The predicted octanol–water partition coefficient (Wildman–Crippen LogP) is 3.04. The number of rotatable bonds is 4. The van der Waals surface area contributed by atoms with E-state index in [-0.39, 0.29) is 6.61 Å². The first-order valence-corrected chi connectivity index (χ1v) is 4.95. The fourth-order valence-corrected chi connectivity index (χ4v) is 1.07. The standard InChI is InChI=1S/C12H11F3O2/c1-2-17-11(16)12(14,15)8-7-9-3-5-10(13)6-4-9/h3-8H,2H2,1H3/b8-7+. The molecule has 0 aliphatic heterocycles. The molecule has 0 saturated carbocycles. The summed E-state index contributed by atoms with van der Waals surface area (Å²) in [7, 11) is 0. The van der Waals surface area contributed by atoms with E-state index in [2.05, 4.69) is 4.74 Å². The molecule has 92 valence electrons. The van der Waals surface area contributed by atoms with Gasteiger partial charge in [-0.3, -0.25) is 0 Å². The highest BCUT2D eigenvalue weighted by Gasteiger charge is 2.37. The van der Waals surface area contributed by atoms with Crippen LogP contribution >= 0.6 is 0 Å². The monoisotopic (exact) mass is 244 g/mol. The highest BCUT2D eigenvalue weighted by molar-refractivity contribution is 5.81. The molecule has 0 saturated heterocycles. The number of carbonyl (C=O) groups excluding carboxylic acids is 1. The molecular formula is C12H11F3O2. The van der Waals surface area contributed by atoms with Crippen LogP contribution in [0.25, 0.3) is 6.08 Å². The van der Waals surface area contributed by atoms with Gasteiger partial charge in [0.05, 0.1) is 6.61 Å². The predicted molar refractivity (Wildman–Crippen MR) is 57.0 cm³/mol. The van der Waals surface area contributed by atoms with Gasteiger partial charge >= 0.3 is 11.9 Å². The van der Waals surface area contributed by atoms with Gasteiger partial charge in [-0.15, -0.1) is 0 Å². The van der Waals surface area contributed by atoms with Crippen LogP contribution in [0.2, 0.25) is 0 Å². The molecule has 0 spiro atoms. The van der Waals surface area contributed by atoms with Crippen molar-refractivity contribution >= 4 is 12.0 Å². The number of alkyl halides is 2. The Morgan fingerprint density at radius 3 is 2.47 bits per heavy atom. The van der Waals surface area contributed by atoms with Gasteiger partial charge in [-0.1, -0.05) is 18.2 Å². The molecule has 0 heterocycles. The second-order valence-electron chi connectivity index (χ2n) is 3.23. The molecule has 0 aliphatic carbocycles. The summed E-state index contributed by atoms with van der Waals surface area (Å²) in [6, 6.07) is 4.94. The van der Waals surface area contributed by atoms with E-state index < -0.39 is 17.7 Å². The lowest BCUT2D eigenvalue weighted by molar-refractivity contribution is -0.164. The Kier molecular flexibility index (Phi) is 4.31. The largest absolute Gasteiger partial charge is 0.461 e. The van der Waals surface area contributed by atoms with E-state index in [1.54, 1.807) is 0 Å². The second kappa shape index (κ2) is 5.52. The van der Waals surface area contributed by atoms with Crippen LogP contribution < -0.4 is 0 Å². The van der Waals surface area contributed by atoms with E-state index in [0.717, 1.165) is 18.2 Å². The SMILES string of the molecule is CCOC(=O)C(F)(F)/C=C/c1ccc(F)cc1. The van der Waals surface area contributed by atoms with E-state index in [1.807, 2.05) is 0 Å². The molecule has 0 N–H and O–H groups in total. The first kappa shape index (κ1) is 13.3. The zero-order valence-electron chi connectivity index (χ0n) is 9.12. The lowest BCUT2D eigenvalue weighted by atomic mass is 10.2. The maximum Gasteiger partial charge on any atom is 0.381 e.